The third-order valence-corrected chi connectivity index (χ3v) is 17.3. The predicted octanol–water partition coefficient (Wildman–Crippen LogP) is 24.6. The first-order chi connectivity index (χ1) is 57.8. The van der Waals surface area contributed by atoms with Crippen molar-refractivity contribution in [3.63, 3.8) is 0 Å². The van der Waals surface area contributed by atoms with Crippen LogP contribution in [0.4, 0.5) is 0 Å². The zero-order valence-electron chi connectivity index (χ0n) is 71.1. The van der Waals surface area contributed by atoms with Crippen molar-refractivity contribution >= 4 is 55.6 Å². The minimum Gasteiger partial charge on any atom is -0.512 e. The molecule has 16 rings (SSSR count). The first-order valence-corrected chi connectivity index (χ1v) is 39.1. The van der Waals surface area contributed by atoms with E-state index >= 15 is 0 Å². The molecule has 0 atom stereocenters. The van der Waals surface area contributed by atoms with Crippen molar-refractivity contribution in [2.24, 2.45) is 0 Å². The van der Waals surface area contributed by atoms with Gasteiger partial charge in [0.1, 0.15) is 0 Å². The Morgan fingerprint density at radius 1 is 0.312 bits per heavy atom. The van der Waals surface area contributed by atoms with Gasteiger partial charge in [-0.3, -0.25) is 39.1 Å². The van der Waals surface area contributed by atoms with Gasteiger partial charge in [0.15, 0.2) is 23.1 Å². The minimum atomic E-state index is -0.125. The molecule has 5 heterocycles. The maximum Gasteiger partial charge on any atom is 0.155 e. The van der Waals surface area contributed by atoms with Crippen LogP contribution in [-0.2, 0) is 138 Å². The number of fused-ring (bicyclic) bond motifs is 4. The quantitative estimate of drug-likeness (QED) is 0.0535. The molecule has 15 nitrogen and oxygen atoms in total. The first kappa shape index (κ1) is 108. The predicted molar refractivity (Wildman–Crippen MR) is 485 cm³/mol. The van der Waals surface area contributed by atoms with Crippen LogP contribution in [0.25, 0.3) is 111 Å². The summed E-state index contributed by atoms with van der Waals surface area (Å²) in [6.45, 7) is 18.0. The molecular formula is C105H98Ir5N7O8-5. The van der Waals surface area contributed by atoms with Gasteiger partial charge in [0.2, 0.25) is 0 Å². The summed E-state index contributed by atoms with van der Waals surface area (Å²) in [7, 11) is 0. The smallest absolute Gasteiger partial charge is 0.155 e. The number of aromatic nitrogens is 7. The second kappa shape index (κ2) is 57.2. The summed E-state index contributed by atoms with van der Waals surface area (Å²) in [5.74, 6) is -0.250. The third kappa shape index (κ3) is 37.2. The second-order valence-electron chi connectivity index (χ2n) is 28.6. The Labute approximate surface area is 801 Å². The first-order valence-electron chi connectivity index (χ1n) is 39.1. The molecule has 125 heavy (non-hydrogen) atoms. The SMILES string of the molecule is CC(=O)C=C(C)O.CC(=O)C=C(C)O.CC(=O)C=C(C)O.CC(=O)C=C(C)O.CC(C)(C)c1c[c-]c(-c2nccc3ccccc23)cc1.[Ir].[Ir].[Ir].[Ir].[Ir].[c-]1ccccc1-c1ccc2ccccc2n1.[c-]1ccccc1-c1nc2c(nc1-c1ccccc1)CCCC2.[c-]1ccccc1-c1nccc2ccccc12.[c-]1ccccc1-c1nccnc1-c1ccccc1. The fraction of sp³-hybridized carbons (Fsp3) is 0.152. The van der Waals surface area contributed by atoms with Crippen molar-refractivity contribution in [3.05, 3.63) is 392 Å². The van der Waals surface area contributed by atoms with Crippen molar-refractivity contribution in [3.8, 4) is 78.8 Å². The molecule has 0 amide bonds. The van der Waals surface area contributed by atoms with Gasteiger partial charge in [-0.1, -0.05) is 160 Å². The number of carbonyl (C=O) groups is 4. The Morgan fingerprint density at radius 3 is 1.04 bits per heavy atom. The van der Waals surface area contributed by atoms with Gasteiger partial charge in [-0.05, 0) is 160 Å². The largest absolute Gasteiger partial charge is 0.512 e. The van der Waals surface area contributed by atoms with Gasteiger partial charge in [-0.15, -0.1) is 179 Å². The van der Waals surface area contributed by atoms with Crippen LogP contribution in [0.5, 0.6) is 0 Å². The Morgan fingerprint density at radius 2 is 0.656 bits per heavy atom. The van der Waals surface area contributed by atoms with E-state index in [9.17, 15) is 19.2 Å². The minimum absolute atomic E-state index is 0. The molecule has 5 radical (unpaired) electrons. The molecule has 1 aliphatic rings. The van der Waals surface area contributed by atoms with Gasteiger partial charge in [0.05, 0.1) is 51.3 Å². The van der Waals surface area contributed by atoms with E-state index < -0.39 is 0 Å². The van der Waals surface area contributed by atoms with Gasteiger partial charge in [-0.25, -0.2) is 0 Å². The Hall–Kier alpha value is -11.3. The molecule has 5 aromatic heterocycles. The van der Waals surface area contributed by atoms with Crippen LogP contribution in [-0.4, -0.2) is 78.4 Å². The molecule has 4 N–H and O–H groups in total. The van der Waals surface area contributed by atoms with E-state index in [1.54, 1.807) is 12.4 Å². The molecular weight excluding hydrogens is 2450 g/mol. The number of carbonyl (C=O) groups excluding carboxylic acids is 4. The van der Waals surface area contributed by atoms with E-state index in [0.29, 0.717) is 0 Å². The molecule has 651 valence electrons. The van der Waals surface area contributed by atoms with Crippen molar-refractivity contribution in [2.75, 3.05) is 0 Å². The second-order valence-corrected chi connectivity index (χ2v) is 28.6. The molecule has 20 heteroatoms. The van der Waals surface area contributed by atoms with E-state index in [4.69, 9.17) is 30.4 Å². The van der Waals surface area contributed by atoms with Crippen LogP contribution in [0.1, 0.15) is 106 Å². The van der Waals surface area contributed by atoms with Gasteiger partial charge < -0.3 is 35.4 Å². The van der Waals surface area contributed by atoms with Crippen LogP contribution < -0.4 is 0 Å². The van der Waals surface area contributed by atoms with E-state index in [-0.39, 0.29) is 152 Å². The normalized spacial score (nSPS) is 11.0. The average molecular weight is 2550 g/mol. The number of hydrogen-bond donors (Lipinski definition) is 4. The number of aliphatic hydroxyl groups excluding tert-OH is 4. The number of pyridine rings is 3. The van der Waals surface area contributed by atoms with Gasteiger partial charge in [0, 0.05) is 161 Å². The molecule has 0 saturated heterocycles. The molecule has 1 aliphatic carbocycles. The van der Waals surface area contributed by atoms with Crippen LogP contribution in [0, 0.1) is 30.3 Å². The molecule has 0 bridgehead atoms. The van der Waals surface area contributed by atoms with E-state index in [0.717, 1.165) is 103 Å². The molecule has 15 aromatic rings. The number of allylic oxidation sites excluding steroid dienone is 8. The Bertz CT molecular complexity index is 5680. The summed E-state index contributed by atoms with van der Waals surface area (Å²) in [4.78, 5) is 72.5. The molecule has 0 saturated carbocycles. The van der Waals surface area contributed by atoms with Crippen LogP contribution in [0.15, 0.2) is 345 Å². The van der Waals surface area contributed by atoms with Crippen molar-refractivity contribution in [1.29, 1.82) is 0 Å². The van der Waals surface area contributed by atoms with E-state index in [1.165, 1.54) is 131 Å². The average Bonchev–Trinajstić information content (AvgIpc) is 0.799. The number of benzene rings is 10. The Kier molecular flexibility index (Phi) is 49.4. The molecule has 10 aromatic carbocycles. The van der Waals surface area contributed by atoms with Gasteiger partial charge >= 0.3 is 0 Å². The van der Waals surface area contributed by atoms with Crippen molar-refractivity contribution < 1.29 is 140 Å². The standard InChI is InChI=1S/C20H17N2.C19H18N.C16H11N2.2C15H10N.4C5H8O2.5Ir/c1-3-9-15(10-4-1)19-20(16-11-5-2-6-12-16)22-18-14-8-7-13-17(18)21-19;1-19(2,3)16-10-8-15(9-11-16)18-17-7-5-4-6-14(17)12-13-20-18;1-3-7-13(8-4-1)15-16(18-12-11-17-15)14-9-5-2-6-10-14;1-2-7-13(8-3-1)15-14-9-5-4-6-12(14)10-11-16-15;1-2-6-12(7-3-1)15-11-10-13-8-4-5-9-14(13)16-15;4*1-4(6)3-5(2)7;;;;;/h1-6,9-11H,7-8,13-14H2;4-8,10-13H,1-3H3;1-9,11-12H;1-7,9-11H;1-6,8-11H;4*3,6H,1-2H3;;;;;/q5*-1;;;;;;;;;. The molecule has 0 fully saturated rings. The van der Waals surface area contributed by atoms with Crippen LogP contribution >= 0.6 is 0 Å². The number of hydrogen-bond acceptors (Lipinski definition) is 15. The maximum atomic E-state index is 10.0. The zero-order chi connectivity index (χ0) is 86.2. The number of nitrogens with zero attached hydrogens (tertiary/aromatic N) is 7. The van der Waals surface area contributed by atoms with Crippen LogP contribution in [0.3, 0.4) is 0 Å². The fourth-order valence-electron chi connectivity index (χ4n) is 12.1. The number of aliphatic hydroxyl groups is 4. The zero-order valence-corrected chi connectivity index (χ0v) is 83.1. The topological polar surface area (TPSA) is 239 Å². The molecule has 0 aliphatic heterocycles. The molecule has 0 spiro atoms. The number of para-hydroxylation sites is 1. The maximum absolute atomic E-state index is 10.0. The summed E-state index contributed by atoms with van der Waals surface area (Å²) in [6, 6.07) is 108. The van der Waals surface area contributed by atoms with Crippen LogP contribution in [0.2, 0.25) is 0 Å². The summed E-state index contributed by atoms with van der Waals surface area (Å²) in [5, 5.41) is 39.4. The third-order valence-electron chi connectivity index (χ3n) is 17.3. The summed E-state index contributed by atoms with van der Waals surface area (Å²) < 4.78 is 0. The monoisotopic (exact) mass is 2550 g/mol. The van der Waals surface area contributed by atoms with Gasteiger partial charge in [-0.2, -0.15) is 0 Å². The number of aryl methyl sites for hydroxylation is 2. The van der Waals surface area contributed by atoms with Crippen molar-refractivity contribution in [2.45, 2.75) is 107 Å². The Balaban J connectivity index is 0.000000372. The summed E-state index contributed by atoms with van der Waals surface area (Å²) in [6.07, 6.45) is 16.3. The van der Waals surface area contributed by atoms with E-state index in [2.05, 4.69) is 173 Å². The summed E-state index contributed by atoms with van der Waals surface area (Å²) in [5.41, 5.74) is 18.8. The molecule has 0 unspecified atom stereocenters. The van der Waals surface area contributed by atoms with Gasteiger partial charge in [0.25, 0.3) is 0 Å². The van der Waals surface area contributed by atoms with Crippen molar-refractivity contribution in [1.82, 2.24) is 34.9 Å². The fourth-order valence-corrected chi connectivity index (χ4v) is 12.1. The summed E-state index contributed by atoms with van der Waals surface area (Å²) >= 11 is 0. The number of rotatable bonds is 11. The van der Waals surface area contributed by atoms with E-state index in [1.807, 2.05) is 188 Å². The number of ketones is 4.